The Bertz CT molecular complexity index is 1100. The van der Waals surface area contributed by atoms with E-state index >= 15 is 0 Å². The number of ether oxygens (including phenoxy) is 1. The van der Waals surface area contributed by atoms with E-state index in [1.807, 2.05) is 72.6 Å². The van der Waals surface area contributed by atoms with Crippen LogP contribution >= 0.6 is 11.8 Å². The number of nitriles is 1. The lowest BCUT2D eigenvalue weighted by atomic mass is 10.0. The summed E-state index contributed by atoms with van der Waals surface area (Å²) in [7, 11) is 2.65. The lowest BCUT2D eigenvalue weighted by molar-refractivity contribution is 0.399. The molecule has 7 heteroatoms. The number of methoxy groups -OCH3 is 1. The molecule has 0 aromatic heterocycles. The third-order valence-corrected chi connectivity index (χ3v) is 6.25. The Morgan fingerprint density at radius 1 is 1.18 bits per heavy atom. The minimum Gasteiger partial charge on any atom is -0.497 e. The summed E-state index contributed by atoms with van der Waals surface area (Å²) in [5, 5.41) is 27.5. The fourth-order valence-corrected chi connectivity index (χ4v) is 4.29. The lowest BCUT2D eigenvalue weighted by Crippen LogP contribution is -2.15. The first-order valence-corrected chi connectivity index (χ1v) is 11.9. The van der Waals surface area contributed by atoms with Crippen LogP contribution < -0.4 is 15.1 Å². The van der Waals surface area contributed by atoms with Gasteiger partial charge >= 0.3 is 0 Å². The van der Waals surface area contributed by atoms with Gasteiger partial charge in [-0.3, -0.25) is 0 Å². The molecule has 1 heterocycles. The number of nitrogens with zero attached hydrogens (tertiary/aromatic N) is 3. The second-order valence-electron chi connectivity index (χ2n) is 7.36. The summed E-state index contributed by atoms with van der Waals surface area (Å²) in [5.41, 5.74) is 6.14. The molecule has 6 nitrogen and oxygen atoms in total. The molecule has 0 saturated carbocycles. The van der Waals surface area contributed by atoms with Crippen LogP contribution in [0.4, 0.5) is 11.4 Å². The van der Waals surface area contributed by atoms with E-state index in [1.54, 1.807) is 25.1 Å². The monoisotopic (exact) mass is 476 g/mol. The second kappa shape index (κ2) is 13.9. The summed E-state index contributed by atoms with van der Waals surface area (Å²) in [6.45, 7) is 6.13. The summed E-state index contributed by atoms with van der Waals surface area (Å²) < 4.78 is 5.21. The van der Waals surface area contributed by atoms with Crippen molar-refractivity contribution in [1.82, 2.24) is 0 Å². The molecule has 0 unspecified atom stereocenters. The van der Waals surface area contributed by atoms with Crippen molar-refractivity contribution < 1.29 is 9.84 Å². The van der Waals surface area contributed by atoms with Crippen molar-refractivity contribution in [2.75, 3.05) is 30.3 Å². The fourth-order valence-electron chi connectivity index (χ4n) is 3.33. The van der Waals surface area contributed by atoms with E-state index in [0.29, 0.717) is 5.57 Å². The van der Waals surface area contributed by atoms with Crippen LogP contribution in [0.25, 0.3) is 0 Å². The molecule has 0 amide bonds. The lowest BCUT2D eigenvalue weighted by Gasteiger charge is -2.23. The first kappa shape index (κ1) is 26.8. The molecule has 1 aliphatic heterocycles. The number of hydrogen-bond donors (Lipinski definition) is 2. The van der Waals surface area contributed by atoms with Gasteiger partial charge in [-0.2, -0.15) is 10.4 Å². The number of thioether (sulfide) groups is 1. The van der Waals surface area contributed by atoms with Gasteiger partial charge in [-0.1, -0.05) is 23.8 Å². The van der Waals surface area contributed by atoms with Gasteiger partial charge in [0, 0.05) is 30.5 Å². The summed E-state index contributed by atoms with van der Waals surface area (Å²) in [6.07, 6.45) is 4.60. The third-order valence-electron chi connectivity index (χ3n) is 5.12. The van der Waals surface area contributed by atoms with Gasteiger partial charge in [0.05, 0.1) is 23.4 Å². The molecular weight excluding hydrogens is 444 g/mol. The van der Waals surface area contributed by atoms with Crippen molar-refractivity contribution in [2.24, 2.45) is 5.10 Å². The van der Waals surface area contributed by atoms with Gasteiger partial charge < -0.3 is 15.2 Å². The Labute approximate surface area is 206 Å². The highest BCUT2D eigenvalue weighted by atomic mass is 32.2. The zero-order valence-electron chi connectivity index (χ0n) is 20.4. The number of allylic oxidation sites excluding steroid dienone is 4. The van der Waals surface area contributed by atoms with Crippen LogP contribution in [0.5, 0.6) is 5.75 Å². The summed E-state index contributed by atoms with van der Waals surface area (Å²) in [4.78, 5) is 0. The summed E-state index contributed by atoms with van der Waals surface area (Å²) in [6, 6.07) is 20.2. The van der Waals surface area contributed by atoms with Gasteiger partial charge in [0.25, 0.3) is 0 Å². The fraction of sp³-hybridized carbons (Fsp3) is 0.259. The minimum absolute atomic E-state index is 0.656. The van der Waals surface area contributed by atoms with E-state index in [0.717, 1.165) is 47.1 Å². The van der Waals surface area contributed by atoms with E-state index in [-0.39, 0.29) is 0 Å². The number of anilines is 2. The highest BCUT2D eigenvalue weighted by Gasteiger charge is 2.17. The van der Waals surface area contributed by atoms with E-state index < -0.39 is 0 Å². The molecule has 0 spiro atoms. The number of benzene rings is 2. The predicted molar refractivity (Wildman–Crippen MR) is 144 cm³/mol. The molecule has 0 radical (unpaired) electrons. The quantitative estimate of drug-likeness (QED) is 0.343. The van der Waals surface area contributed by atoms with Crippen LogP contribution in [0.2, 0.25) is 0 Å². The molecule has 0 fully saturated rings. The largest absolute Gasteiger partial charge is 0.497 e. The first-order valence-electron chi connectivity index (χ1n) is 10.9. The van der Waals surface area contributed by atoms with Gasteiger partial charge in [0.15, 0.2) is 0 Å². The van der Waals surface area contributed by atoms with Crippen LogP contribution in [-0.2, 0) is 0 Å². The molecule has 0 aliphatic carbocycles. The maximum atomic E-state index is 9.72. The van der Waals surface area contributed by atoms with Crippen LogP contribution in [0.3, 0.4) is 0 Å². The number of hydrogen-bond acceptors (Lipinski definition) is 7. The van der Waals surface area contributed by atoms with Crippen LogP contribution in [0, 0.1) is 11.3 Å². The van der Waals surface area contributed by atoms with E-state index in [2.05, 4.69) is 30.3 Å². The molecule has 1 aliphatic rings. The van der Waals surface area contributed by atoms with Gasteiger partial charge in [0.1, 0.15) is 11.8 Å². The van der Waals surface area contributed by atoms with Crippen molar-refractivity contribution in [3.8, 4) is 11.8 Å². The highest BCUT2D eigenvalue weighted by molar-refractivity contribution is 8.03. The van der Waals surface area contributed by atoms with Crippen molar-refractivity contribution in [2.45, 2.75) is 27.2 Å². The van der Waals surface area contributed by atoms with Gasteiger partial charge in [-0.25, -0.2) is 5.01 Å². The topological polar surface area (TPSA) is 80.9 Å². The van der Waals surface area contributed by atoms with Crippen LogP contribution in [0.1, 0.15) is 27.2 Å². The minimum atomic E-state index is 0.656. The maximum absolute atomic E-state index is 9.72. The van der Waals surface area contributed by atoms with Crippen molar-refractivity contribution in [1.29, 1.82) is 5.26 Å². The molecule has 0 atom stereocenters. The summed E-state index contributed by atoms with van der Waals surface area (Å²) >= 11 is 1.66. The molecule has 2 N–H and O–H groups in total. The van der Waals surface area contributed by atoms with Crippen molar-refractivity contribution in [3.63, 3.8) is 0 Å². The van der Waals surface area contributed by atoms with E-state index in [9.17, 15) is 5.26 Å². The van der Waals surface area contributed by atoms with Gasteiger partial charge in [-0.15, -0.1) is 11.8 Å². The van der Waals surface area contributed by atoms with Crippen LogP contribution in [0.15, 0.2) is 93.2 Å². The Morgan fingerprint density at radius 2 is 1.85 bits per heavy atom. The Hall–Kier alpha value is -3.47. The van der Waals surface area contributed by atoms with E-state index in [1.165, 1.54) is 11.1 Å². The molecule has 0 saturated heterocycles. The average Bonchev–Trinajstić information content (AvgIpc) is 2.89. The number of aliphatic hydroxyl groups excluding tert-OH is 1. The molecule has 2 aromatic carbocycles. The zero-order valence-corrected chi connectivity index (χ0v) is 21.2. The number of aliphatic hydroxyl groups is 1. The summed E-state index contributed by atoms with van der Waals surface area (Å²) in [5.74, 6) is 1.63. The SMILES string of the molecule is C/C=N\N(/C(C)=C(\C)CC1=CC(C#N)=C(Nc2ccc(OC)cc2)SC1)c1ccccc1.CO. The third kappa shape index (κ3) is 7.27. The van der Waals surface area contributed by atoms with Gasteiger partial charge in [0.2, 0.25) is 0 Å². The molecule has 34 heavy (non-hydrogen) atoms. The molecule has 178 valence electrons. The number of hydrazone groups is 1. The number of rotatable bonds is 8. The van der Waals surface area contributed by atoms with Crippen molar-refractivity contribution in [3.05, 3.63) is 88.1 Å². The number of nitrogens with one attached hydrogen (secondary N) is 1. The molecule has 0 bridgehead atoms. The Balaban J connectivity index is 0.00000199. The Morgan fingerprint density at radius 3 is 2.44 bits per heavy atom. The second-order valence-corrected chi connectivity index (χ2v) is 8.35. The van der Waals surface area contributed by atoms with E-state index in [4.69, 9.17) is 9.84 Å². The number of para-hydroxylation sites is 1. The molecule has 2 aromatic rings. The van der Waals surface area contributed by atoms with Crippen LogP contribution in [-0.4, -0.2) is 31.3 Å². The standard InChI is InChI=1S/C26H28N4OS.CH4O/c1-5-28-30(24-9-7-6-8-10-24)20(3)19(2)15-21-16-22(17-27)26(32-18-21)29-23-11-13-25(31-4)14-12-23;1-2/h5-14,16,29H,15,18H2,1-4H3;2H,1H3/b20-19+,28-5-;. The molecule has 3 rings (SSSR count). The smallest absolute Gasteiger partial charge is 0.119 e. The normalized spacial score (nSPS) is 13.9. The molecular formula is C27H32N4O2S. The Kier molecular flexibility index (Phi) is 11.0. The maximum Gasteiger partial charge on any atom is 0.119 e. The van der Waals surface area contributed by atoms with Gasteiger partial charge in [-0.05, 0) is 75.2 Å². The predicted octanol–water partition coefficient (Wildman–Crippen LogP) is 6.32. The highest BCUT2D eigenvalue weighted by Crippen LogP contribution is 2.33. The zero-order chi connectivity index (χ0) is 24.9. The van der Waals surface area contributed by atoms with Crippen molar-refractivity contribution >= 4 is 29.4 Å². The average molecular weight is 477 g/mol. The first-order chi connectivity index (χ1) is 16.5.